The molecule has 4 nitrogen and oxygen atoms in total. The Hall–Kier alpha value is -2.36. The highest BCUT2D eigenvalue weighted by molar-refractivity contribution is 7.92. The van der Waals surface area contributed by atoms with Gasteiger partial charge in [-0.25, -0.2) is 17.2 Å². The number of nitrogens with one attached hydrogen (secondary N) is 1. The number of hydrogen-bond acceptors (Lipinski definition) is 4. The number of sulfone groups is 1. The van der Waals surface area contributed by atoms with E-state index in [-0.39, 0.29) is 5.56 Å². The number of alkyl halides is 3. The fourth-order valence-corrected chi connectivity index (χ4v) is 2.85. The monoisotopic (exact) mass is 367 g/mol. The highest BCUT2D eigenvalue weighted by Gasteiger charge is 2.47. The molecule has 2 rings (SSSR count). The normalized spacial score (nSPS) is 12.2. The van der Waals surface area contributed by atoms with Gasteiger partial charge in [-0.1, -0.05) is 12.1 Å². The maximum atomic E-state index is 13.2. The third kappa shape index (κ3) is 3.42. The molecule has 10 heteroatoms. The molecule has 0 bridgehead atoms. The van der Waals surface area contributed by atoms with Crippen molar-refractivity contribution < 1.29 is 35.5 Å². The molecule has 0 atom stereocenters. The van der Waals surface area contributed by atoms with Crippen LogP contribution in [0.5, 0.6) is 5.75 Å². The molecule has 0 fully saturated rings. The summed E-state index contributed by atoms with van der Waals surface area (Å²) in [6.45, 7) is -0.495. The van der Waals surface area contributed by atoms with E-state index in [2.05, 4.69) is 5.32 Å². The third-order valence-corrected chi connectivity index (χ3v) is 4.60. The van der Waals surface area contributed by atoms with Gasteiger partial charge in [-0.3, -0.25) is 0 Å². The van der Waals surface area contributed by atoms with Gasteiger partial charge in [-0.15, -0.1) is 0 Å². The summed E-state index contributed by atoms with van der Waals surface area (Å²) in [5.41, 5.74) is -6.21. The molecule has 0 radical (unpaired) electrons. The SMILES string of the molecule is O=S(=O)(c1ccccc1NCc1cc(F)cc(F)c1O)C(F)(F)F. The molecule has 0 aliphatic carbocycles. The lowest BCUT2D eigenvalue weighted by Gasteiger charge is -2.14. The number of phenolic OH excluding ortho intramolecular Hbond substituents is 1. The second-order valence-corrected chi connectivity index (χ2v) is 6.60. The number of aromatic hydroxyl groups is 1. The number of anilines is 1. The van der Waals surface area contributed by atoms with Gasteiger partial charge in [-0.2, -0.15) is 13.2 Å². The molecule has 0 amide bonds. The van der Waals surface area contributed by atoms with Crippen molar-refractivity contribution in [2.45, 2.75) is 16.9 Å². The molecular weight excluding hydrogens is 357 g/mol. The number of para-hydroxylation sites is 1. The topological polar surface area (TPSA) is 66.4 Å². The third-order valence-electron chi connectivity index (χ3n) is 3.06. The van der Waals surface area contributed by atoms with Crippen LogP contribution in [0.4, 0.5) is 27.6 Å². The molecule has 0 saturated heterocycles. The highest BCUT2D eigenvalue weighted by atomic mass is 32.2. The van der Waals surface area contributed by atoms with Crippen LogP contribution in [0.3, 0.4) is 0 Å². The molecule has 0 aliphatic rings. The Balaban J connectivity index is 2.37. The van der Waals surface area contributed by atoms with Crippen molar-refractivity contribution in [1.82, 2.24) is 0 Å². The van der Waals surface area contributed by atoms with E-state index in [0.29, 0.717) is 6.07 Å². The molecule has 0 saturated carbocycles. The standard InChI is InChI=1S/C14H10F5NO3S/c15-9-5-8(13(21)10(16)6-9)7-20-11-3-1-2-4-12(11)24(22,23)14(17,18)19/h1-6,20-21H,7H2. The van der Waals surface area contributed by atoms with Gasteiger partial charge in [0.15, 0.2) is 11.6 Å². The van der Waals surface area contributed by atoms with E-state index in [0.717, 1.165) is 24.3 Å². The average Bonchev–Trinajstić information content (AvgIpc) is 2.48. The van der Waals surface area contributed by atoms with Crippen LogP contribution in [0, 0.1) is 11.6 Å². The molecule has 0 aliphatic heterocycles. The van der Waals surface area contributed by atoms with Gasteiger partial charge >= 0.3 is 5.51 Å². The summed E-state index contributed by atoms with van der Waals surface area (Å²) >= 11 is 0. The summed E-state index contributed by atoms with van der Waals surface area (Å²) in [6.07, 6.45) is 0. The van der Waals surface area contributed by atoms with Gasteiger partial charge in [-0.05, 0) is 18.2 Å². The molecular formula is C14H10F5NO3S. The van der Waals surface area contributed by atoms with Gasteiger partial charge in [0, 0.05) is 18.2 Å². The van der Waals surface area contributed by atoms with Crippen molar-refractivity contribution in [3.05, 3.63) is 53.6 Å². The van der Waals surface area contributed by atoms with E-state index in [1.54, 1.807) is 0 Å². The van der Waals surface area contributed by atoms with E-state index in [1.807, 2.05) is 0 Å². The second-order valence-electron chi connectivity index (χ2n) is 4.69. The lowest BCUT2D eigenvalue weighted by molar-refractivity contribution is -0.0435. The van der Waals surface area contributed by atoms with Crippen LogP contribution in [0.1, 0.15) is 5.56 Å². The summed E-state index contributed by atoms with van der Waals surface area (Å²) in [4.78, 5) is -1.03. The zero-order chi connectivity index (χ0) is 18.1. The summed E-state index contributed by atoms with van der Waals surface area (Å²) in [7, 11) is -5.61. The lowest BCUT2D eigenvalue weighted by Crippen LogP contribution is -2.24. The maximum absolute atomic E-state index is 13.2. The van der Waals surface area contributed by atoms with Crippen LogP contribution in [0.25, 0.3) is 0 Å². The zero-order valence-electron chi connectivity index (χ0n) is 11.7. The van der Waals surface area contributed by atoms with Crippen molar-refractivity contribution in [3.63, 3.8) is 0 Å². The van der Waals surface area contributed by atoms with Crippen LogP contribution < -0.4 is 5.32 Å². The first kappa shape index (κ1) is 18.0. The van der Waals surface area contributed by atoms with Gasteiger partial charge in [0.1, 0.15) is 5.82 Å². The zero-order valence-corrected chi connectivity index (χ0v) is 12.5. The summed E-state index contributed by atoms with van der Waals surface area (Å²) in [5.74, 6) is -3.14. The Morgan fingerprint density at radius 2 is 1.71 bits per heavy atom. The van der Waals surface area contributed by atoms with Gasteiger partial charge in [0.05, 0.1) is 10.6 Å². The Labute approximate surface area is 133 Å². The van der Waals surface area contributed by atoms with E-state index < -0.39 is 49.9 Å². The predicted octanol–water partition coefficient (Wildman–Crippen LogP) is 3.58. The van der Waals surface area contributed by atoms with Crippen LogP contribution in [0.15, 0.2) is 41.3 Å². The number of benzene rings is 2. The molecule has 2 aromatic rings. The molecule has 0 heterocycles. The fraction of sp³-hybridized carbons (Fsp3) is 0.143. The largest absolute Gasteiger partial charge is 0.505 e. The van der Waals surface area contributed by atoms with E-state index in [4.69, 9.17) is 0 Å². The summed E-state index contributed by atoms with van der Waals surface area (Å²) < 4.78 is 87.4. The fourth-order valence-electron chi connectivity index (χ4n) is 1.92. The van der Waals surface area contributed by atoms with E-state index >= 15 is 0 Å². The molecule has 2 N–H and O–H groups in total. The second kappa shape index (κ2) is 6.27. The smallest absolute Gasteiger partial charge is 0.501 e. The molecule has 0 aromatic heterocycles. The van der Waals surface area contributed by atoms with Crippen LogP contribution in [-0.4, -0.2) is 19.0 Å². The lowest BCUT2D eigenvalue weighted by atomic mass is 10.2. The quantitative estimate of drug-likeness (QED) is 0.811. The van der Waals surface area contributed by atoms with Crippen molar-refractivity contribution in [2.24, 2.45) is 0 Å². The molecule has 130 valence electrons. The van der Waals surface area contributed by atoms with Crippen molar-refractivity contribution in [1.29, 1.82) is 0 Å². The van der Waals surface area contributed by atoms with Crippen LogP contribution >= 0.6 is 0 Å². The highest BCUT2D eigenvalue weighted by Crippen LogP contribution is 2.34. The first-order chi connectivity index (χ1) is 11.0. The predicted molar refractivity (Wildman–Crippen MR) is 75.0 cm³/mol. The molecule has 2 aromatic carbocycles. The maximum Gasteiger partial charge on any atom is 0.501 e. The van der Waals surface area contributed by atoms with Crippen LogP contribution in [0.2, 0.25) is 0 Å². The van der Waals surface area contributed by atoms with Crippen molar-refractivity contribution >= 4 is 15.5 Å². The Morgan fingerprint density at radius 3 is 2.33 bits per heavy atom. The van der Waals surface area contributed by atoms with Crippen LogP contribution in [-0.2, 0) is 16.4 Å². The van der Waals surface area contributed by atoms with Crippen molar-refractivity contribution in [2.75, 3.05) is 5.32 Å². The Kier molecular flexibility index (Phi) is 4.70. The minimum Gasteiger partial charge on any atom is -0.505 e. The Morgan fingerprint density at radius 1 is 1.08 bits per heavy atom. The summed E-state index contributed by atoms with van der Waals surface area (Å²) in [5, 5.41) is 11.8. The first-order valence-corrected chi connectivity index (χ1v) is 7.83. The minimum absolute atomic E-state index is 0.285. The average molecular weight is 367 g/mol. The van der Waals surface area contributed by atoms with Crippen molar-refractivity contribution in [3.8, 4) is 5.75 Å². The van der Waals surface area contributed by atoms with Gasteiger partial charge < -0.3 is 10.4 Å². The van der Waals surface area contributed by atoms with Gasteiger partial charge in [0.2, 0.25) is 0 Å². The first-order valence-electron chi connectivity index (χ1n) is 6.35. The number of halogens is 5. The molecule has 0 unspecified atom stereocenters. The Bertz CT molecular complexity index is 865. The summed E-state index contributed by atoms with van der Waals surface area (Å²) in [6, 6.07) is 5.39. The molecule has 24 heavy (non-hydrogen) atoms. The van der Waals surface area contributed by atoms with E-state index in [9.17, 15) is 35.5 Å². The minimum atomic E-state index is -5.61. The number of rotatable bonds is 4. The number of phenols is 1. The van der Waals surface area contributed by atoms with Gasteiger partial charge in [0.25, 0.3) is 9.84 Å². The van der Waals surface area contributed by atoms with E-state index in [1.165, 1.54) is 6.07 Å². The number of hydrogen-bond donors (Lipinski definition) is 2. The molecule has 0 spiro atoms.